The van der Waals surface area contributed by atoms with Crippen molar-refractivity contribution >= 4 is 22.4 Å². The molecule has 1 aromatic carbocycles. The number of nitrogens with two attached hydrogens (primary N) is 1. The molecule has 1 rings (SSSR count). The highest BCUT2D eigenvalue weighted by Gasteiger charge is 2.01. The van der Waals surface area contributed by atoms with Crippen LogP contribution in [0.15, 0.2) is 18.2 Å². The largest absolute Gasteiger partial charge is 0.497 e. The number of hydrogen-bond donors (Lipinski definition) is 2. The number of nitrogen functional groups attached to an aromatic ring is 1. The molecule has 0 saturated carbocycles. The SMILES string of the molecule is COc1ccc(N)c(NS(C)=O)c1. The Morgan fingerprint density at radius 1 is 1.54 bits per heavy atom. The minimum Gasteiger partial charge on any atom is -0.497 e. The Balaban J connectivity index is 2.96. The molecule has 0 radical (unpaired) electrons. The number of anilines is 2. The van der Waals surface area contributed by atoms with Gasteiger partial charge in [-0.2, -0.15) is 0 Å². The molecule has 72 valence electrons. The number of nitrogens with one attached hydrogen (secondary N) is 1. The van der Waals surface area contributed by atoms with Crippen LogP contribution in [-0.2, 0) is 11.0 Å². The van der Waals surface area contributed by atoms with Crippen LogP contribution in [0.4, 0.5) is 11.4 Å². The van der Waals surface area contributed by atoms with Crippen molar-refractivity contribution in [3.8, 4) is 5.75 Å². The van der Waals surface area contributed by atoms with Crippen LogP contribution in [-0.4, -0.2) is 17.6 Å². The molecule has 1 unspecified atom stereocenters. The van der Waals surface area contributed by atoms with E-state index in [0.717, 1.165) is 0 Å². The van der Waals surface area contributed by atoms with E-state index in [2.05, 4.69) is 4.72 Å². The smallest absolute Gasteiger partial charge is 0.121 e. The lowest BCUT2D eigenvalue weighted by molar-refractivity contribution is 0.415. The monoisotopic (exact) mass is 200 g/mol. The van der Waals surface area contributed by atoms with E-state index in [0.29, 0.717) is 17.1 Å². The Bertz CT molecular complexity index is 328. The Hall–Kier alpha value is -1.23. The van der Waals surface area contributed by atoms with E-state index in [4.69, 9.17) is 10.5 Å². The fraction of sp³-hybridized carbons (Fsp3) is 0.250. The summed E-state index contributed by atoms with van der Waals surface area (Å²) in [7, 11) is 0.445. The van der Waals surface area contributed by atoms with Crippen molar-refractivity contribution in [3.63, 3.8) is 0 Å². The van der Waals surface area contributed by atoms with Gasteiger partial charge in [0.05, 0.1) is 18.5 Å². The molecule has 1 aromatic rings. The second-order valence-electron chi connectivity index (χ2n) is 2.51. The molecule has 0 fully saturated rings. The van der Waals surface area contributed by atoms with E-state index in [1.807, 2.05) is 0 Å². The van der Waals surface area contributed by atoms with Gasteiger partial charge in [0.2, 0.25) is 0 Å². The predicted molar refractivity (Wildman–Crippen MR) is 55.1 cm³/mol. The van der Waals surface area contributed by atoms with Crippen molar-refractivity contribution in [2.24, 2.45) is 0 Å². The Labute approximate surface area is 79.7 Å². The summed E-state index contributed by atoms with van der Waals surface area (Å²) < 4.78 is 18.6. The summed E-state index contributed by atoms with van der Waals surface area (Å²) in [4.78, 5) is 0. The van der Waals surface area contributed by atoms with Gasteiger partial charge in [-0.25, -0.2) is 4.21 Å². The van der Waals surface area contributed by atoms with Crippen molar-refractivity contribution in [2.45, 2.75) is 0 Å². The molecule has 0 aliphatic rings. The second kappa shape index (κ2) is 4.13. The van der Waals surface area contributed by atoms with Crippen LogP contribution < -0.4 is 15.2 Å². The highest BCUT2D eigenvalue weighted by Crippen LogP contribution is 2.24. The molecule has 0 amide bonds. The standard InChI is InChI=1S/C8H12N2O2S/c1-12-6-3-4-7(9)8(5-6)10-13(2)11/h3-5,10H,9H2,1-2H3. The van der Waals surface area contributed by atoms with Crippen molar-refractivity contribution in [1.29, 1.82) is 0 Å². The summed E-state index contributed by atoms with van der Waals surface area (Å²) in [5.41, 5.74) is 6.82. The lowest BCUT2D eigenvalue weighted by atomic mass is 10.2. The lowest BCUT2D eigenvalue weighted by Crippen LogP contribution is -2.04. The number of ether oxygens (including phenoxy) is 1. The highest BCUT2D eigenvalue weighted by atomic mass is 32.2. The van der Waals surface area contributed by atoms with Crippen LogP contribution >= 0.6 is 0 Å². The van der Waals surface area contributed by atoms with Gasteiger partial charge < -0.3 is 15.2 Å². The minimum atomic E-state index is -1.12. The molecule has 0 aromatic heterocycles. The first-order chi connectivity index (χ1) is 6.13. The van der Waals surface area contributed by atoms with Crippen molar-refractivity contribution in [1.82, 2.24) is 0 Å². The molecule has 0 saturated heterocycles. The molecule has 5 heteroatoms. The minimum absolute atomic E-state index is 0.552. The average Bonchev–Trinajstić information content (AvgIpc) is 2.08. The molecule has 0 heterocycles. The summed E-state index contributed by atoms with van der Waals surface area (Å²) in [6.07, 6.45) is 1.54. The Kier molecular flexibility index (Phi) is 3.13. The van der Waals surface area contributed by atoms with Crippen LogP contribution in [0, 0.1) is 0 Å². The topological polar surface area (TPSA) is 64.3 Å². The first-order valence-corrected chi connectivity index (χ1v) is 5.23. The maximum atomic E-state index is 10.9. The number of rotatable bonds is 3. The Morgan fingerprint density at radius 3 is 2.77 bits per heavy atom. The average molecular weight is 200 g/mol. The van der Waals surface area contributed by atoms with Crippen molar-refractivity contribution in [2.75, 3.05) is 23.8 Å². The summed E-state index contributed by atoms with van der Waals surface area (Å²) in [5.74, 6) is 0.683. The van der Waals surface area contributed by atoms with Gasteiger partial charge >= 0.3 is 0 Å². The summed E-state index contributed by atoms with van der Waals surface area (Å²) in [6.45, 7) is 0. The van der Waals surface area contributed by atoms with E-state index in [-0.39, 0.29) is 0 Å². The summed E-state index contributed by atoms with van der Waals surface area (Å²) in [6, 6.07) is 5.16. The number of benzene rings is 1. The molecule has 1 atom stereocenters. The van der Waals surface area contributed by atoms with Gasteiger partial charge in [-0.05, 0) is 12.1 Å². The molecule has 0 bridgehead atoms. The summed E-state index contributed by atoms with van der Waals surface area (Å²) >= 11 is 0. The third-order valence-corrected chi connectivity index (χ3v) is 2.02. The van der Waals surface area contributed by atoms with E-state index < -0.39 is 11.0 Å². The van der Waals surface area contributed by atoms with Gasteiger partial charge in [-0.1, -0.05) is 0 Å². The lowest BCUT2D eigenvalue weighted by Gasteiger charge is -2.07. The number of methoxy groups -OCH3 is 1. The third kappa shape index (κ3) is 2.62. The molecular formula is C8H12N2O2S. The maximum absolute atomic E-state index is 10.9. The van der Waals surface area contributed by atoms with E-state index in [1.165, 1.54) is 0 Å². The first kappa shape index (κ1) is 9.85. The molecule has 3 N–H and O–H groups in total. The Morgan fingerprint density at radius 2 is 2.23 bits per heavy atom. The van der Waals surface area contributed by atoms with Gasteiger partial charge in [0, 0.05) is 12.3 Å². The van der Waals surface area contributed by atoms with E-state index in [9.17, 15) is 4.21 Å². The molecule has 13 heavy (non-hydrogen) atoms. The molecule has 4 nitrogen and oxygen atoms in total. The predicted octanol–water partition coefficient (Wildman–Crippen LogP) is 0.983. The molecule has 0 aliphatic carbocycles. The molecule has 0 aliphatic heterocycles. The van der Waals surface area contributed by atoms with Crippen molar-refractivity contribution < 1.29 is 8.95 Å². The zero-order valence-electron chi connectivity index (χ0n) is 7.53. The van der Waals surface area contributed by atoms with Gasteiger partial charge in [0.25, 0.3) is 0 Å². The van der Waals surface area contributed by atoms with Crippen LogP contribution in [0.3, 0.4) is 0 Å². The van der Waals surface area contributed by atoms with Gasteiger partial charge in [0.15, 0.2) is 0 Å². The molecule has 0 spiro atoms. The first-order valence-electron chi connectivity index (χ1n) is 3.67. The van der Waals surface area contributed by atoms with Gasteiger partial charge in [-0.15, -0.1) is 0 Å². The van der Waals surface area contributed by atoms with Crippen LogP contribution in [0.5, 0.6) is 5.75 Å². The fourth-order valence-electron chi connectivity index (χ4n) is 0.906. The molecular weight excluding hydrogens is 188 g/mol. The van der Waals surface area contributed by atoms with E-state index in [1.54, 1.807) is 31.6 Å². The zero-order chi connectivity index (χ0) is 9.84. The van der Waals surface area contributed by atoms with E-state index >= 15 is 0 Å². The normalized spacial score (nSPS) is 12.2. The number of hydrogen-bond acceptors (Lipinski definition) is 3. The van der Waals surface area contributed by atoms with Gasteiger partial charge in [0.1, 0.15) is 16.7 Å². The third-order valence-electron chi connectivity index (χ3n) is 1.51. The van der Waals surface area contributed by atoms with Crippen LogP contribution in [0.1, 0.15) is 0 Å². The van der Waals surface area contributed by atoms with Gasteiger partial charge in [-0.3, -0.25) is 0 Å². The maximum Gasteiger partial charge on any atom is 0.121 e. The fourth-order valence-corrected chi connectivity index (χ4v) is 1.39. The zero-order valence-corrected chi connectivity index (χ0v) is 8.35. The van der Waals surface area contributed by atoms with Crippen LogP contribution in [0.2, 0.25) is 0 Å². The van der Waals surface area contributed by atoms with Crippen molar-refractivity contribution in [3.05, 3.63) is 18.2 Å². The quantitative estimate of drug-likeness (QED) is 0.715. The highest BCUT2D eigenvalue weighted by molar-refractivity contribution is 7.85. The van der Waals surface area contributed by atoms with Crippen LogP contribution in [0.25, 0.3) is 0 Å². The second-order valence-corrected chi connectivity index (χ2v) is 3.62. The summed E-state index contributed by atoms with van der Waals surface area (Å²) in [5, 5.41) is 0.